The van der Waals surface area contributed by atoms with Crippen LogP contribution in [-0.4, -0.2) is 82.6 Å². The van der Waals surface area contributed by atoms with Gasteiger partial charge < -0.3 is 25.2 Å². The normalized spacial score (nSPS) is 22.2. The van der Waals surface area contributed by atoms with E-state index in [1.54, 1.807) is 6.07 Å². The Labute approximate surface area is 272 Å². The maximum atomic E-state index is 17.4. The van der Waals surface area contributed by atoms with E-state index in [2.05, 4.69) is 21.0 Å². The van der Waals surface area contributed by atoms with E-state index in [4.69, 9.17) is 21.1 Å². The van der Waals surface area contributed by atoms with Gasteiger partial charge in [0, 0.05) is 66.6 Å². The molecule has 4 aromatic rings. The summed E-state index contributed by atoms with van der Waals surface area (Å²) in [6.45, 7) is 8.02. The number of halogens is 2. The molecule has 0 radical (unpaired) electrons. The first-order valence-electron chi connectivity index (χ1n) is 16.6. The minimum absolute atomic E-state index is 0.0137. The van der Waals surface area contributed by atoms with Gasteiger partial charge in [0.25, 0.3) is 0 Å². The maximum absolute atomic E-state index is 17.4. The van der Waals surface area contributed by atoms with Crippen LogP contribution in [0.5, 0.6) is 11.8 Å². The molecule has 3 N–H and O–H groups in total. The van der Waals surface area contributed by atoms with E-state index in [0.29, 0.717) is 64.9 Å². The third-order valence-electron chi connectivity index (χ3n) is 10.5. The second-order valence-electron chi connectivity index (χ2n) is 14.4. The minimum Gasteiger partial charge on any atom is -0.508 e. The Kier molecular flexibility index (Phi) is 7.28. The Hall–Kier alpha value is -4.04. The number of aromatic hydroxyl groups is 1. The molecule has 1 saturated carbocycles. The predicted octanol–water partition coefficient (Wildman–Crippen LogP) is 5.31. The average Bonchev–Trinajstić information content (AvgIpc) is 3.72. The third-order valence-corrected chi connectivity index (χ3v) is 10.5. The number of β-amino-alcohol motifs (C(OH)–C–C–N with tert-alkyl or cyclic N) is 1. The zero-order valence-corrected chi connectivity index (χ0v) is 26.7. The number of likely N-dealkylation sites (tertiary alicyclic amines) is 1. The summed E-state index contributed by atoms with van der Waals surface area (Å²) >= 11 is 0. The van der Waals surface area contributed by atoms with E-state index in [0.717, 1.165) is 45.3 Å². The molecule has 10 heteroatoms. The summed E-state index contributed by atoms with van der Waals surface area (Å²) in [6, 6.07) is 8.49. The molecule has 0 spiro atoms. The van der Waals surface area contributed by atoms with Crippen molar-refractivity contribution in [2.45, 2.75) is 63.6 Å². The third kappa shape index (κ3) is 5.35. The van der Waals surface area contributed by atoms with Crippen LogP contribution in [0, 0.1) is 29.4 Å². The van der Waals surface area contributed by atoms with Crippen molar-refractivity contribution in [2.24, 2.45) is 5.41 Å². The fraction of sp³-hybridized carbons (Fsp3) is 0.459. The number of anilines is 1. The van der Waals surface area contributed by atoms with E-state index >= 15 is 8.78 Å². The van der Waals surface area contributed by atoms with Crippen molar-refractivity contribution >= 4 is 27.5 Å². The van der Waals surface area contributed by atoms with Crippen LogP contribution in [0.25, 0.3) is 32.8 Å². The quantitative estimate of drug-likeness (QED) is 0.224. The van der Waals surface area contributed by atoms with Gasteiger partial charge in [0.05, 0.1) is 18.3 Å². The number of aromatic nitrogens is 2. The summed E-state index contributed by atoms with van der Waals surface area (Å²) in [4.78, 5) is 14.1. The number of phenolic OH excluding ortho intramolecular Hbond substituents is 1. The minimum atomic E-state index is -0.590. The van der Waals surface area contributed by atoms with Gasteiger partial charge in [0.15, 0.2) is 5.82 Å². The summed E-state index contributed by atoms with van der Waals surface area (Å²) in [5, 5.41) is 25.6. The molecule has 1 aromatic heterocycles. The van der Waals surface area contributed by atoms with Gasteiger partial charge in [-0.25, -0.2) is 8.78 Å². The highest BCUT2D eigenvalue weighted by Gasteiger charge is 2.47. The number of aliphatic hydroxyl groups excluding tert-OH is 1. The van der Waals surface area contributed by atoms with E-state index in [1.807, 2.05) is 19.9 Å². The molecule has 2 unspecified atom stereocenters. The molecule has 3 aromatic carbocycles. The summed E-state index contributed by atoms with van der Waals surface area (Å²) in [5.74, 6) is 1.70. The maximum Gasteiger partial charge on any atom is 0.319 e. The molecule has 0 amide bonds. The first-order chi connectivity index (χ1) is 22.6. The van der Waals surface area contributed by atoms with Crippen LogP contribution in [0.15, 0.2) is 30.3 Å². The van der Waals surface area contributed by atoms with Gasteiger partial charge in [0.2, 0.25) is 0 Å². The van der Waals surface area contributed by atoms with Crippen LogP contribution in [0.2, 0.25) is 0 Å². The van der Waals surface area contributed by atoms with Gasteiger partial charge in [-0.05, 0) is 72.4 Å². The van der Waals surface area contributed by atoms with Crippen molar-refractivity contribution < 1.29 is 23.7 Å². The molecule has 3 aliphatic heterocycles. The number of aliphatic hydroxyl groups is 1. The number of nitrogens with zero attached hydrogens (tertiary/aromatic N) is 4. The van der Waals surface area contributed by atoms with Gasteiger partial charge in [-0.3, -0.25) is 4.90 Å². The number of piperazine rings is 1. The predicted molar refractivity (Wildman–Crippen MR) is 178 cm³/mol. The van der Waals surface area contributed by atoms with Crippen molar-refractivity contribution in [3.05, 3.63) is 53.1 Å². The molecule has 8 rings (SSSR count). The van der Waals surface area contributed by atoms with E-state index in [9.17, 15) is 10.2 Å². The zero-order chi connectivity index (χ0) is 32.6. The fourth-order valence-electron chi connectivity index (χ4n) is 7.87. The Morgan fingerprint density at radius 3 is 2.49 bits per heavy atom. The molecule has 244 valence electrons. The summed E-state index contributed by atoms with van der Waals surface area (Å²) in [6.07, 6.45) is 9.70. The van der Waals surface area contributed by atoms with Gasteiger partial charge in [-0.15, -0.1) is 6.42 Å². The topological polar surface area (TPSA) is 94.0 Å². The summed E-state index contributed by atoms with van der Waals surface area (Å²) in [5.41, 5.74) is 1.31. The molecule has 2 atom stereocenters. The number of nitrogens with one attached hydrogen (secondary N) is 1. The van der Waals surface area contributed by atoms with Gasteiger partial charge >= 0.3 is 6.01 Å². The standard InChI is InChI=1S/C37H39F2N5O3/c1-4-26-30(38)8-5-21-11-24(45)12-28(31(21)26)32-27(20(2)3)13-29-34(33(32)39)41-36(42-35(29)44-14-22-6-7-23(15-44)40-22)47-19-37(9-10-37)18-43-16-25(46)17-43/h1,5,8,11-13,20,22-23,25,40,45-46H,6-7,9-10,14-19H2,2-3H3. The number of terminal acetylenes is 1. The molecule has 2 bridgehead atoms. The lowest BCUT2D eigenvalue weighted by molar-refractivity contribution is -0.0142. The number of phenols is 1. The molecule has 4 aliphatic rings. The second-order valence-corrected chi connectivity index (χ2v) is 14.4. The SMILES string of the molecule is C#Cc1c(F)ccc2cc(O)cc(-c3c(C(C)C)cc4c(N5CC6CCC(C5)N6)nc(OCC5(CN6CC(O)C6)CC5)nc4c3F)c12. The van der Waals surface area contributed by atoms with E-state index < -0.39 is 11.6 Å². The Bertz CT molecular complexity index is 1940. The van der Waals surface area contributed by atoms with Crippen molar-refractivity contribution in [1.29, 1.82) is 0 Å². The van der Waals surface area contributed by atoms with E-state index in [1.165, 1.54) is 18.2 Å². The average molecular weight is 640 g/mol. The number of fused-ring (bicyclic) bond motifs is 4. The van der Waals surface area contributed by atoms with Gasteiger partial charge in [0.1, 0.15) is 22.9 Å². The Morgan fingerprint density at radius 2 is 1.83 bits per heavy atom. The number of rotatable bonds is 8. The number of hydrogen-bond donors (Lipinski definition) is 3. The largest absolute Gasteiger partial charge is 0.508 e. The number of hydrogen-bond acceptors (Lipinski definition) is 8. The van der Waals surface area contributed by atoms with Crippen LogP contribution in [0.3, 0.4) is 0 Å². The molecule has 4 heterocycles. The van der Waals surface area contributed by atoms with Crippen molar-refractivity contribution in [1.82, 2.24) is 20.2 Å². The lowest BCUT2D eigenvalue weighted by atomic mass is 9.86. The van der Waals surface area contributed by atoms with Crippen LogP contribution < -0.4 is 15.0 Å². The van der Waals surface area contributed by atoms with Crippen LogP contribution in [0.1, 0.15) is 56.6 Å². The smallest absolute Gasteiger partial charge is 0.319 e. The van der Waals surface area contributed by atoms with Crippen molar-refractivity contribution in [3.63, 3.8) is 0 Å². The lowest BCUT2D eigenvalue weighted by Crippen LogP contribution is -2.53. The molecule has 1 aliphatic carbocycles. The molecule has 3 saturated heterocycles. The van der Waals surface area contributed by atoms with Crippen LogP contribution >= 0.6 is 0 Å². The van der Waals surface area contributed by atoms with E-state index in [-0.39, 0.29) is 45.8 Å². The van der Waals surface area contributed by atoms with Crippen molar-refractivity contribution in [3.8, 4) is 35.2 Å². The molecule has 47 heavy (non-hydrogen) atoms. The van der Waals surface area contributed by atoms with Crippen molar-refractivity contribution in [2.75, 3.05) is 44.2 Å². The molecule has 4 fully saturated rings. The molecule has 8 nitrogen and oxygen atoms in total. The second kappa shape index (κ2) is 11.3. The van der Waals surface area contributed by atoms with Gasteiger partial charge in [-0.1, -0.05) is 25.8 Å². The Morgan fingerprint density at radius 1 is 1.09 bits per heavy atom. The fourth-order valence-corrected chi connectivity index (χ4v) is 7.87. The number of ether oxygens (including phenoxy) is 1. The monoisotopic (exact) mass is 639 g/mol. The molecular weight excluding hydrogens is 600 g/mol. The van der Waals surface area contributed by atoms with Crippen LogP contribution in [0.4, 0.5) is 14.6 Å². The highest BCUT2D eigenvalue weighted by molar-refractivity contribution is 6.05. The first kappa shape index (κ1) is 30.3. The number of benzene rings is 3. The summed E-state index contributed by atoms with van der Waals surface area (Å²) < 4.78 is 38.8. The lowest BCUT2D eigenvalue weighted by Gasteiger charge is -2.38. The Balaban J connectivity index is 1.30. The highest BCUT2D eigenvalue weighted by Crippen LogP contribution is 2.48. The van der Waals surface area contributed by atoms with Gasteiger partial charge in [-0.2, -0.15) is 9.97 Å². The first-order valence-corrected chi connectivity index (χ1v) is 16.6. The summed E-state index contributed by atoms with van der Waals surface area (Å²) in [7, 11) is 0. The molecular formula is C37H39F2N5O3. The van der Waals surface area contributed by atoms with Crippen LogP contribution in [-0.2, 0) is 0 Å². The zero-order valence-electron chi connectivity index (χ0n) is 26.7. The highest BCUT2D eigenvalue weighted by atomic mass is 19.1.